The van der Waals surface area contributed by atoms with E-state index in [0.717, 1.165) is 5.39 Å². The number of hydrogen-bond donors (Lipinski definition) is 2. The van der Waals surface area contributed by atoms with Crippen molar-refractivity contribution in [3.05, 3.63) is 71.9 Å². The lowest BCUT2D eigenvalue weighted by atomic mass is 10.2. The van der Waals surface area contributed by atoms with E-state index in [-0.39, 0.29) is 11.7 Å². The predicted molar refractivity (Wildman–Crippen MR) is 84.9 cm³/mol. The van der Waals surface area contributed by atoms with Crippen LogP contribution in [0.2, 0.25) is 0 Å². The molecule has 0 fully saturated rings. The summed E-state index contributed by atoms with van der Waals surface area (Å²) >= 11 is 0. The molecule has 0 aliphatic rings. The molecule has 3 aromatic rings. The summed E-state index contributed by atoms with van der Waals surface area (Å²) in [6, 6.07) is 17.6. The van der Waals surface area contributed by atoms with Crippen molar-refractivity contribution in [2.45, 2.75) is 0 Å². The maximum absolute atomic E-state index is 11.8. The average Bonchev–Trinajstić information content (AvgIpc) is 2.56. The molecule has 0 atom stereocenters. The summed E-state index contributed by atoms with van der Waals surface area (Å²) in [7, 11) is 0. The quantitative estimate of drug-likeness (QED) is 0.575. The molecular weight excluding hydrogens is 278 g/mol. The Morgan fingerprint density at radius 1 is 1.05 bits per heavy atom. The standard InChI is InChI=1S/C17H13N3O2/c21-15-8-4-7-12-9-10-14(19-16(12)15)11-18-20-17(22)13-5-2-1-3-6-13/h1-11,21H,(H,20,22)/b18-11-. The van der Waals surface area contributed by atoms with Crippen LogP contribution < -0.4 is 5.43 Å². The normalized spacial score (nSPS) is 10.9. The molecule has 0 saturated heterocycles. The fourth-order valence-electron chi connectivity index (χ4n) is 2.03. The molecule has 3 rings (SSSR count). The molecule has 0 bridgehead atoms. The lowest BCUT2D eigenvalue weighted by Gasteiger charge is -2.01. The van der Waals surface area contributed by atoms with E-state index in [2.05, 4.69) is 15.5 Å². The molecule has 1 heterocycles. The summed E-state index contributed by atoms with van der Waals surface area (Å²) < 4.78 is 0. The number of para-hydroxylation sites is 1. The number of carbonyl (C=O) groups excluding carboxylic acids is 1. The molecule has 1 aromatic heterocycles. The summed E-state index contributed by atoms with van der Waals surface area (Å²) in [5.74, 6) is -0.179. The Labute approximate surface area is 126 Å². The first-order valence-electron chi connectivity index (χ1n) is 6.71. The van der Waals surface area contributed by atoms with E-state index in [1.54, 1.807) is 42.5 Å². The SMILES string of the molecule is O=C(N/N=C\c1ccc2cccc(O)c2n1)c1ccccc1. The van der Waals surface area contributed by atoms with E-state index in [1.807, 2.05) is 18.2 Å². The number of hydrogen-bond acceptors (Lipinski definition) is 4. The highest BCUT2D eigenvalue weighted by Gasteiger charge is 2.03. The molecule has 2 aromatic carbocycles. The predicted octanol–water partition coefficient (Wildman–Crippen LogP) is 2.70. The van der Waals surface area contributed by atoms with Crippen molar-refractivity contribution in [2.75, 3.05) is 0 Å². The van der Waals surface area contributed by atoms with E-state index >= 15 is 0 Å². The highest BCUT2D eigenvalue weighted by atomic mass is 16.3. The molecule has 0 aliphatic carbocycles. The van der Waals surface area contributed by atoms with Crippen molar-refractivity contribution in [1.82, 2.24) is 10.4 Å². The third-order valence-electron chi connectivity index (χ3n) is 3.12. The van der Waals surface area contributed by atoms with Gasteiger partial charge >= 0.3 is 0 Å². The number of nitrogens with zero attached hydrogens (tertiary/aromatic N) is 2. The van der Waals surface area contributed by atoms with Crippen molar-refractivity contribution >= 4 is 23.0 Å². The molecule has 0 spiro atoms. The molecule has 5 heteroatoms. The number of aromatic hydroxyl groups is 1. The number of nitrogens with one attached hydrogen (secondary N) is 1. The molecule has 0 aliphatic heterocycles. The topological polar surface area (TPSA) is 74.6 Å². The Hall–Kier alpha value is -3.21. The minimum absolute atomic E-state index is 0.112. The largest absolute Gasteiger partial charge is 0.506 e. The van der Waals surface area contributed by atoms with Crippen LogP contribution >= 0.6 is 0 Å². The number of phenols is 1. The van der Waals surface area contributed by atoms with Gasteiger partial charge in [-0.05, 0) is 24.3 Å². The summed E-state index contributed by atoms with van der Waals surface area (Å²) in [5.41, 5.74) is 4.01. The Balaban J connectivity index is 1.76. The fourth-order valence-corrected chi connectivity index (χ4v) is 2.03. The van der Waals surface area contributed by atoms with Gasteiger partial charge in [0.05, 0.1) is 11.9 Å². The van der Waals surface area contributed by atoms with Crippen LogP contribution in [0.15, 0.2) is 65.8 Å². The van der Waals surface area contributed by atoms with Crippen molar-refractivity contribution in [3.8, 4) is 5.75 Å². The second-order valence-electron chi connectivity index (χ2n) is 4.65. The van der Waals surface area contributed by atoms with Gasteiger partial charge in [-0.2, -0.15) is 5.10 Å². The number of aromatic nitrogens is 1. The number of benzene rings is 2. The van der Waals surface area contributed by atoms with Crippen LogP contribution in [0.25, 0.3) is 10.9 Å². The van der Waals surface area contributed by atoms with Gasteiger partial charge in [0.25, 0.3) is 5.91 Å². The molecule has 22 heavy (non-hydrogen) atoms. The van der Waals surface area contributed by atoms with Crippen molar-refractivity contribution in [1.29, 1.82) is 0 Å². The number of rotatable bonds is 3. The van der Waals surface area contributed by atoms with Gasteiger partial charge in [-0.15, -0.1) is 0 Å². The Morgan fingerprint density at radius 3 is 2.68 bits per heavy atom. The maximum Gasteiger partial charge on any atom is 0.271 e. The first-order valence-corrected chi connectivity index (χ1v) is 6.71. The van der Waals surface area contributed by atoms with Crippen LogP contribution in [0.3, 0.4) is 0 Å². The van der Waals surface area contributed by atoms with E-state index < -0.39 is 0 Å². The van der Waals surface area contributed by atoms with Gasteiger partial charge in [0, 0.05) is 10.9 Å². The lowest BCUT2D eigenvalue weighted by molar-refractivity contribution is 0.0955. The van der Waals surface area contributed by atoms with Crippen LogP contribution in [-0.2, 0) is 0 Å². The van der Waals surface area contributed by atoms with Crippen LogP contribution in [0.1, 0.15) is 16.1 Å². The second-order valence-corrected chi connectivity index (χ2v) is 4.65. The van der Waals surface area contributed by atoms with Crippen LogP contribution in [-0.4, -0.2) is 22.2 Å². The van der Waals surface area contributed by atoms with Gasteiger partial charge in [0.1, 0.15) is 11.3 Å². The smallest absolute Gasteiger partial charge is 0.271 e. The van der Waals surface area contributed by atoms with Gasteiger partial charge in [-0.1, -0.05) is 36.4 Å². The van der Waals surface area contributed by atoms with Gasteiger partial charge in [0.2, 0.25) is 0 Å². The zero-order valence-electron chi connectivity index (χ0n) is 11.6. The Morgan fingerprint density at radius 2 is 1.86 bits per heavy atom. The van der Waals surface area contributed by atoms with Crippen molar-refractivity contribution in [2.24, 2.45) is 5.10 Å². The number of phenolic OH excluding ortho intramolecular Hbond substituents is 1. The van der Waals surface area contributed by atoms with Crippen LogP contribution in [0, 0.1) is 0 Å². The number of hydrazone groups is 1. The average molecular weight is 291 g/mol. The Kier molecular flexibility index (Phi) is 3.78. The minimum atomic E-state index is -0.291. The number of carbonyl (C=O) groups is 1. The monoisotopic (exact) mass is 291 g/mol. The summed E-state index contributed by atoms with van der Waals surface area (Å²) in [6.45, 7) is 0. The van der Waals surface area contributed by atoms with Crippen LogP contribution in [0.4, 0.5) is 0 Å². The molecule has 108 valence electrons. The van der Waals surface area contributed by atoms with Gasteiger partial charge < -0.3 is 5.11 Å². The second kappa shape index (κ2) is 6.05. The van der Waals surface area contributed by atoms with Crippen molar-refractivity contribution in [3.63, 3.8) is 0 Å². The fraction of sp³-hybridized carbons (Fsp3) is 0. The third kappa shape index (κ3) is 2.93. The first kappa shape index (κ1) is 13.8. The van der Waals surface area contributed by atoms with E-state index in [1.165, 1.54) is 6.21 Å². The molecule has 1 amide bonds. The first-order chi connectivity index (χ1) is 10.7. The number of amides is 1. The van der Waals surface area contributed by atoms with Gasteiger partial charge in [0.15, 0.2) is 0 Å². The third-order valence-corrected chi connectivity index (χ3v) is 3.12. The molecular formula is C17H13N3O2. The zero-order chi connectivity index (χ0) is 15.4. The minimum Gasteiger partial charge on any atom is -0.506 e. The molecule has 0 unspecified atom stereocenters. The molecule has 5 nitrogen and oxygen atoms in total. The zero-order valence-corrected chi connectivity index (χ0v) is 11.6. The lowest BCUT2D eigenvalue weighted by Crippen LogP contribution is -2.17. The van der Waals surface area contributed by atoms with Crippen molar-refractivity contribution < 1.29 is 9.90 Å². The maximum atomic E-state index is 11.8. The van der Waals surface area contributed by atoms with E-state index in [9.17, 15) is 9.90 Å². The highest BCUT2D eigenvalue weighted by Crippen LogP contribution is 2.21. The van der Waals surface area contributed by atoms with E-state index in [0.29, 0.717) is 16.8 Å². The number of pyridine rings is 1. The van der Waals surface area contributed by atoms with Gasteiger partial charge in [-0.25, -0.2) is 10.4 Å². The highest BCUT2D eigenvalue weighted by molar-refractivity contribution is 5.95. The Bertz CT molecular complexity index is 845. The number of fused-ring (bicyclic) bond motifs is 1. The summed E-state index contributed by atoms with van der Waals surface area (Å²) in [4.78, 5) is 16.1. The van der Waals surface area contributed by atoms with Gasteiger partial charge in [-0.3, -0.25) is 4.79 Å². The molecule has 0 saturated carbocycles. The molecule has 0 radical (unpaired) electrons. The summed E-state index contributed by atoms with van der Waals surface area (Å²) in [5, 5.41) is 14.5. The van der Waals surface area contributed by atoms with Crippen LogP contribution in [0.5, 0.6) is 5.75 Å². The summed E-state index contributed by atoms with van der Waals surface area (Å²) in [6.07, 6.45) is 1.44. The molecule has 2 N–H and O–H groups in total. The van der Waals surface area contributed by atoms with E-state index in [4.69, 9.17) is 0 Å².